The van der Waals surface area contributed by atoms with Gasteiger partial charge >= 0.3 is 5.97 Å². The Balaban J connectivity index is 1.99. The third kappa shape index (κ3) is 6.36. The molecule has 0 radical (unpaired) electrons. The number of nitrogens with one attached hydrogen (secondary N) is 2. The van der Waals surface area contributed by atoms with Gasteiger partial charge in [-0.2, -0.15) is 0 Å². The first-order valence-corrected chi connectivity index (χ1v) is 10.2. The van der Waals surface area contributed by atoms with Gasteiger partial charge in [0.05, 0.1) is 15.4 Å². The van der Waals surface area contributed by atoms with Crippen LogP contribution >= 0.6 is 0 Å². The zero-order chi connectivity index (χ0) is 22.5. The Labute approximate surface area is 173 Å². The minimum atomic E-state index is -3.75. The quantitative estimate of drug-likeness (QED) is 0.386. The van der Waals surface area contributed by atoms with Gasteiger partial charge in [0.1, 0.15) is 5.69 Å². The monoisotopic (exact) mass is 435 g/mol. The number of hydrogen-bond acceptors (Lipinski definition) is 7. The third-order valence-electron chi connectivity index (χ3n) is 3.55. The van der Waals surface area contributed by atoms with Crippen molar-refractivity contribution in [3.05, 3.63) is 64.2 Å². The number of anilines is 1. The maximum absolute atomic E-state index is 12.3. The molecule has 0 unspecified atom stereocenters. The van der Waals surface area contributed by atoms with Gasteiger partial charge in [0.25, 0.3) is 11.6 Å². The molecule has 0 saturated carbocycles. The lowest BCUT2D eigenvalue weighted by Gasteiger charge is -2.20. The van der Waals surface area contributed by atoms with E-state index in [-0.39, 0.29) is 21.8 Å². The van der Waals surface area contributed by atoms with Gasteiger partial charge in [-0.1, -0.05) is 12.1 Å². The molecule has 2 N–H and O–H groups in total. The van der Waals surface area contributed by atoms with E-state index in [9.17, 15) is 28.1 Å². The van der Waals surface area contributed by atoms with Crippen LogP contribution in [0.5, 0.6) is 0 Å². The topological polar surface area (TPSA) is 145 Å². The summed E-state index contributed by atoms with van der Waals surface area (Å²) in [7, 11) is -3.75. The lowest BCUT2D eigenvalue weighted by molar-refractivity contribution is -0.383. The largest absolute Gasteiger partial charge is 0.452 e. The Morgan fingerprint density at radius 3 is 2.23 bits per heavy atom. The van der Waals surface area contributed by atoms with Crippen LogP contribution in [0.3, 0.4) is 0 Å². The molecule has 2 aromatic rings. The Morgan fingerprint density at radius 2 is 1.67 bits per heavy atom. The van der Waals surface area contributed by atoms with Crippen molar-refractivity contribution in [3.8, 4) is 0 Å². The van der Waals surface area contributed by atoms with Crippen molar-refractivity contribution in [1.82, 2.24) is 4.72 Å². The molecule has 0 spiro atoms. The average Bonchev–Trinajstić information content (AvgIpc) is 2.64. The molecule has 0 bridgehead atoms. The van der Waals surface area contributed by atoms with Crippen molar-refractivity contribution >= 4 is 33.3 Å². The van der Waals surface area contributed by atoms with Gasteiger partial charge in [-0.25, -0.2) is 17.9 Å². The number of carbonyl (C=O) groups is 2. The van der Waals surface area contributed by atoms with E-state index < -0.39 is 39.0 Å². The number of ether oxygens (including phenoxy) is 1. The highest BCUT2D eigenvalue weighted by atomic mass is 32.2. The van der Waals surface area contributed by atoms with Crippen LogP contribution < -0.4 is 10.0 Å². The Morgan fingerprint density at radius 1 is 1.07 bits per heavy atom. The summed E-state index contributed by atoms with van der Waals surface area (Å²) in [5, 5.41) is 13.3. The Kier molecular flexibility index (Phi) is 6.90. The molecule has 30 heavy (non-hydrogen) atoms. The molecule has 0 heterocycles. The van der Waals surface area contributed by atoms with Crippen molar-refractivity contribution in [2.45, 2.75) is 31.2 Å². The molecule has 160 valence electrons. The summed E-state index contributed by atoms with van der Waals surface area (Å²) in [6.45, 7) is 4.43. The second-order valence-corrected chi connectivity index (χ2v) is 8.96. The van der Waals surface area contributed by atoms with Crippen molar-refractivity contribution < 1.29 is 27.7 Å². The first kappa shape index (κ1) is 23.0. The highest BCUT2D eigenvalue weighted by Crippen LogP contribution is 2.23. The second-order valence-electron chi connectivity index (χ2n) is 7.28. The lowest BCUT2D eigenvalue weighted by Crippen LogP contribution is -2.40. The number of benzene rings is 2. The molecule has 2 rings (SSSR count). The summed E-state index contributed by atoms with van der Waals surface area (Å²) in [5.41, 5.74) is -0.942. The van der Waals surface area contributed by atoms with E-state index in [0.29, 0.717) is 0 Å². The molecule has 2 aromatic carbocycles. The van der Waals surface area contributed by atoms with Gasteiger partial charge in [-0.05, 0) is 51.1 Å². The van der Waals surface area contributed by atoms with Crippen LogP contribution in [0.4, 0.5) is 11.4 Å². The SMILES string of the molecule is CC(C)(C)NS(=O)(=O)c1ccc(C(=O)OCC(=O)Nc2ccccc2[N+](=O)[O-])cc1. The van der Waals surface area contributed by atoms with E-state index in [0.717, 1.165) is 0 Å². The number of rotatable bonds is 7. The van der Waals surface area contributed by atoms with Gasteiger partial charge in [0.15, 0.2) is 6.61 Å². The standard InChI is InChI=1S/C19H21N3O7S/c1-19(2,3)21-30(27,28)14-10-8-13(9-11-14)18(24)29-12-17(23)20-15-6-4-5-7-16(15)22(25)26/h4-11,21H,12H2,1-3H3,(H,20,23). The van der Waals surface area contributed by atoms with E-state index in [2.05, 4.69) is 10.0 Å². The third-order valence-corrected chi connectivity index (χ3v) is 5.32. The smallest absolute Gasteiger partial charge is 0.338 e. The molecular formula is C19H21N3O7S. The van der Waals surface area contributed by atoms with Crippen LogP contribution in [0.2, 0.25) is 0 Å². The van der Waals surface area contributed by atoms with Crippen molar-refractivity contribution in [1.29, 1.82) is 0 Å². The summed E-state index contributed by atoms with van der Waals surface area (Å²) in [5.74, 6) is -1.60. The maximum Gasteiger partial charge on any atom is 0.338 e. The highest BCUT2D eigenvalue weighted by Gasteiger charge is 2.22. The predicted octanol–water partition coefficient (Wildman–Crippen LogP) is 2.47. The number of amides is 1. The maximum atomic E-state index is 12.3. The molecule has 0 aliphatic rings. The van der Waals surface area contributed by atoms with Crippen molar-refractivity contribution in [3.63, 3.8) is 0 Å². The number of hydrogen-bond donors (Lipinski definition) is 2. The average molecular weight is 435 g/mol. The number of nitro benzene ring substituents is 1. The summed E-state index contributed by atoms with van der Waals surface area (Å²) in [6, 6.07) is 10.6. The zero-order valence-corrected chi connectivity index (χ0v) is 17.4. The molecular weight excluding hydrogens is 414 g/mol. The summed E-state index contributed by atoms with van der Waals surface area (Å²) >= 11 is 0. The van der Waals surface area contributed by atoms with Crippen LogP contribution in [-0.2, 0) is 19.6 Å². The molecule has 1 amide bonds. The van der Waals surface area contributed by atoms with Gasteiger partial charge in [-0.3, -0.25) is 14.9 Å². The molecule has 0 aliphatic carbocycles. The van der Waals surface area contributed by atoms with Gasteiger partial charge in [-0.15, -0.1) is 0 Å². The zero-order valence-electron chi connectivity index (χ0n) is 16.5. The van der Waals surface area contributed by atoms with Crippen LogP contribution in [0.25, 0.3) is 0 Å². The molecule has 0 atom stereocenters. The number of carbonyl (C=O) groups excluding carboxylic acids is 2. The van der Waals surface area contributed by atoms with Gasteiger partial charge in [0.2, 0.25) is 10.0 Å². The number of nitrogens with zero attached hydrogens (tertiary/aromatic N) is 1. The Hall–Kier alpha value is -3.31. The normalized spacial score (nSPS) is 11.6. The van der Waals surface area contributed by atoms with Crippen molar-refractivity contribution in [2.75, 3.05) is 11.9 Å². The van der Waals surface area contributed by atoms with Crippen LogP contribution in [-0.4, -0.2) is 37.4 Å². The minimum absolute atomic E-state index is 0.0237. The fraction of sp³-hybridized carbons (Fsp3) is 0.263. The van der Waals surface area contributed by atoms with E-state index in [1.807, 2.05) is 0 Å². The van der Waals surface area contributed by atoms with E-state index in [4.69, 9.17) is 4.74 Å². The number of sulfonamides is 1. The molecule has 0 aliphatic heterocycles. The van der Waals surface area contributed by atoms with E-state index >= 15 is 0 Å². The lowest BCUT2D eigenvalue weighted by atomic mass is 10.1. The van der Waals surface area contributed by atoms with E-state index in [1.165, 1.54) is 48.5 Å². The first-order valence-electron chi connectivity index (χ1n) is 8.73. The number of esters is 1. The molecule has 11 heteroatoms. The summed E-state index contributed by atoms with van der Waals surface area (Å²) < 4.78 is 31.9. The van der Waals surface area contributed by atoms with Gasteiger partial charge < -0.3 is 10.1 Å². The van der Waals surface area contributed by atoms with Crippen LogP contribution in [0.15, 0.2) is 53.4 Å². The minimum Gasteiger partial charge on any atom is -0.452 e. The predicted molar refractivity (Wildman–Crippen MR) is 109 cm³/mol. The van der Waals surface area contributed by atoms with Crippen molar-refractivity contribution in [2.24, 2.45) is 0 Å². The Bertz CT molecular complexity index is 1060. The molecule has 0 saturated heterocycles. The second kappa shape index (κ2) is 9.01. The number of para-hydroxylation sites is 2. The van der Waals surface area contributed by atoms with Crippen LogP contribution in [0, 0.1) is 10.1 Å². The fourth-order valence-corrected chi connectivity index (χ4v) is 3.79. The molecule has 10 nitrogen and oxygen atoms in total. The molecule has 0 aromatic heterocycles. The van der Waals surface area contributed by atoms with Gasteiger partial charge in [0, 0.05) is 11.6 Å². The molecule has 0 fully saturated rings. The number of nitro groups is 1. The van der Waals surface area contributed by atoms with Crippen LogP contribution in [0.1, 0.15) is 31.1 Å². The highest BCUT2D eigenvalue weighted by molar-refractivity contribution is 7.89. The fourth-order valence-electron chi connectivity index (χ4n) is 2.37. The summed E-state index contributed by atoms with van der Waals surface area (Å²) in [4.78, 5) is 34.3. The van der Waals surface area contributed by atoms with E-state index in [1.54, 1.807) is 20.8 Å². The first-order chi connectivity index (χ1) is 13.9. The summed E-state index contributed by atoms with van der Waals surface area (Å²) in [6.07, 6.45) is 0.